The van der Waals surface area contributed by atoms with Gasteiger partial charge in [0.25, 0.3) is 0 Å². The molecule has 8 heteroatoms. The minimum absolute atomic E-state index is 0.0424. The number of ketones is 1. The van der Waals surface area contributed by atoms with Gasteiger partial charge in [-0.15, -0.1) is 10.2 Å². The summed E-state index contributed by atoms with van der Waals surface area (Å²) in [6.45, 7) is 5.95. The van der Waals surface area contributed by atoms with Crippen molar-refractivity contribution in [3.63, 3.8) is 0 Å². The van der Waals surface area contributed by atoms with E-state index in [0.717, 1.165) is 11.3 Å². The standard InChI is InChI=1S/C21H21N7O/c1-13(2)28-12-24-27-21(28)19-6-4-5-16(25-19)9-20(29)18-8-7-17(26-18)15-10-22-14(3)23-11-15/h4-8,10-13,26H,9H2,1-3H3. The molecule has 4 aromatic heterocycles. The van der Waals surface area contributed by atoms with E-state index >= 15 is 0 Å². The highest BCUT2D eigenvalue weighted by atomic mass is 16.1. The number of carbonyl (C=O) groups excluding carboxylic acids is 1. The van der Waals surface area contributed by atoms with E-state index in [-0.39, 0.29) is 18.2 Å². The second-order valence-electron chi connectivity index (χ2n) is 7.07. The Labute approximate surface area is 168 Å². The van der Waals surface area contributed by atoms with Gasteiger partial charge in [-0.2, -0.15) is 0 Å². The maximum atomic E-state index is 12.8. The lowest BCUT2D eigenvalue weighted by Crippen LogP contribution is -2.07. The van der Waals surface area contributed by atoms with Gasteiger partial charge in [-0.05, 0) is 45.0 Å². The number of Topliss-reactive ketones (excluding diaryl/α,β-unsaturated/α-hetero) is 1. The highest BCUT2D eigenvalue weighted by molar-refractivity contribution is 5.96. The van der Waals surface area contributed by atoms with Gasteiger partial charge in [0.15, 0.2) is 11.6 Å². The molecule has 0 aliphatic carbocycles. The molecule has 4 heterocycles. The van der Waals surface area contributed by atoms with Crippen LogP contribution >= 0.6 is 0 Å². The van der Waals surface area contributed by atoms with Crippen molar-refractivity contribution in [1.82, 2.24) is 34.7 Å². The molecule has 0 amide bonds. The lowest BCUT2D eigenvalue weighted by molar-refractivity contribution is 0.0988. The van der Waals surface area contributed by atoms with Crippen LogP contribution in [0.3, 0.4) is 0 Å². The van der Waals surface area contributed by atoms with Crippen molar-refractivity contribution < 1.29 is 4.79 Å². The first kappa shape index (κ1) is 18.7. The Kier molecular flexibility index (Phi) is 4.99. The number of hydrogen-bond donors (Lipinski definition) is 1. The largest absolute Gasteiger partial charge is 0.352 e. The average Bonchev–Trinajstić information content (AvgIpc) is 3.39. The summed E-state index contributed by atoms with van der Waals surface area (Å²) in [4.78, 5) is 28.9. The summed E-state index contributed by atoms with van der Waals surface area (Å²) < 4.78 is 1.95. The molecule has 0 radical (unpaired) electrons. The lowest BCUT2D eigenvalue weighted by atomic mass is 10.1. The Morgan fingerprint density at radius 1 is 1.14 bits per heavy atom. The van der Waals surface area contributed by atoms with Crippen LogP contribution in [0, 0.1) is 6.92 Å². The van der Waals surface area contributed by atoms with Crippen LogP contribution in [0.1, 0.15) is 41.9 Å². The molecular formula is C21H21N7O. The molecule has 8 nitrogen and oxygen atoms in total. The van der Waals surface area contributed by atoms with Crippen molar-refractivity contribution in [2.75, 3.05) is 0 Å². The number of carbonyl (C=O) groups is 1. The number of pyridine rings is 1. The topological polar surface area (TPSA) is 102 Å². The molecule has 0 bridgehead atoms. The zero-order chi connectivity index (χ0) is 20.4. The first-order chi connectivity index (χ1) is 14.0. The van der Waals surface area contributed by atoms with Crippen molar-refractivity contribution in [1.29, 1.82) is 0 Å². The average molecular weight is 387 g/mol. The van der Waals surface area contributed by atoms with E-state index in [2.05, 4.69) is 44.0 Å². The van der Waals surface area contributed by atoms with E-state index in [1.54, 1.807) is 24.8 Å². The minimum atomic E-state index is -0.0424. The van der Waals surface area contributed by atoms with Crippen LogP contribution in [0.5, 0.6) is 0 Å². The Hall–Kier alpha value is -3.68. The van der Waals surface area contributed by atoms with Gasteiger partial charge in [0.05, 0.1) is 12.1 Å². The fourth-order valence-corrected chi connectivity index (χ4v) is 3.02. The van der Waals surface area contributed by atoms with E-state index in [1.807, 2.05) is 35.8 Å². The number of nitrogens with zero attached hydrogens (tertiary/aromatic N) is 6. The monoisotopic (exact) mass is 387 g/mol. The predicted molar refractivity (Wildman–Crippen MR) is 108 cm³/mol. The third-order valence-electron chi connectivity index (χ3n) is 4.59. The van der Waals surface area contributed by atoms with E-state index < -0.39 is 0 Å². The molecule has 0 fully saturated rings. The normalized spacial score (nSPS) is 11.2. The van der Waals surface area contributed by atoms with Gasteiger partial charge in [0.2, 0.25) is 0 Å². The summed E-state index contributed by atoms with van der Waals surface area (Å²) >= 11 is 0. The van der Waals surface area contributed by atoms with Gasteiger partial charge in [-0.1, -0.05) is 6.07 Å². The van der Waals surface area contributed by atoms with Gasteiger partial charge in [-0.3, -0.25) is 4.79 Å². The number of aromatic nitrogens is 7. The van der Waals surface area contributed by atoms with E-state index in [0.29, 0.717) is 28.7 Å². The smallest absolute Gasteiger partial charge is 0.184 e. The molecule has 0 unspecified atom stereocenters. The van der Waals surface area contributed by atoms with Crippen LogP contribution in [-0.2, 0) is 6.42 Å². The fourth-order valence-electron chi connectivity index (χ4n) is 3.02. The van der Waals surface area contributed by atoms with E-state index in [1.165, 1.54) is 0 Å². The number of aryl methyl sites for hydroxylation is 1. The van der Waals surface area contributed by atoms with Crippen molar-refractivity contribution in [3.8, 4) is 22.8 Å². The van der Waals surface area contributed by atoms with Gasteiger partial charge in [0, 0.05) is 35.4 Å². The molecule has 0 aromatic carbocycles. The Morgan fingerprint density at radius 2 is 1.93 bits per heavy atom. The zero-order valence-corrected chi connectivity index (χ0v) is 16.5. The summed E-state index contributed by atoms with van der Waals surface area (Å²) in [5.74, 6) is 1.35. The van der Waals surface area contributed by atoms with Crippen LogP contribution in [0.25, 0.3) is 22.8 Å². The fraction of sp³-hybridized carbons (Fsp3) is 0.238. The number of aromatic amines is 1. The Bertz CT molecular complexity index is 1140. The number of nitrogens with one attached hydrogen (secondary N) is 1. The Morgan fingerprint density at radius 3 is 2.69 bits per heavy atom. The van der Waals surface area contributed by atoms with Crippen molar-refractivity contribution >= 4 is 5.78 Å². The lowest BCUT2D eigenvalue weighted by Gasteiger charge is -2.10. The molecule has 1 N–H and O–H groups in total. The highest BCUT2D eigenvalue weighted by Gasteiger charge is 2.15. The summed E-state index contributed by atoms with van der Waals surface area (Å²) in [7, 11) is 0. The second-order valence-corrected chi connectivity index (χ2v) is 7.07. The molecule has 146 valence electrons. The maximum absolute atomic E-state index is 12.8. The minimum Gasteiger partial charge on any atom is -0.352 e. The third kappa shape index (κ3) is 3.96. The molecular weight excluding hydrogens is 366 g/mol. The molecule has 0 aliphatic rings. The van der Waals surface area contributed by atoms with Crippen LogP contribution < -0.4 is 0 Å². The summed E-state index contributed by atoms with van der Waals surface area (Å²) in [5, 5.41) is 8.16. The third-order valence-corrected chi connectivity index (χ3v) is 4.59. The van der Waals surface area contributed by atoms with Crippen molar-refractivity contribution in [3.05, 3.63) is 66.3 Å². The van der Waals surface area contributed by atoms with Crippen LogP contribution in [0.15, 0.2) is 49.1 Å². The quantitative estimate of drug-likeness (QED) is 0.509. The Balaban J connectivity index is 1.53. The molecule has 0 atom stereocenters. The number of H-pyrrole nitrogens is 1. The van der Waals surface area contributed by atoms with Gasteiger partial charge >= 0.3 is 0 Å². The second kappa shape index (κ2) is 7.75. The highest BCUT2D eigenvalue weighted by Crippen LogP contribution is 2.20. The van der Waals surface area contributed by atoms with Crippen molar-refractivity contribution in [2.24, 2.45) is 0 Å². The van der Waals surface area contributed by atoms with E-state index in [4.69, 9.17) is 0 Å². The first-order valence-corrected chi connectivity index (χ1v) is 9.38. The molecule has 4 aromatic rings. The molecule has 0 aliphatic heterocycles. The van der Waals surface area contributed by atoms with Crippen LogP contribution in [-0.4, -0.2) is 40.5 Å². The molecule has 4 rings (SSSR count). The number of hydrogen-bond acceptors (Lipinski definition) is 6. The van der Waals surface area contributed by atoms with Crippen LogP contribution in [0.4, 0.5) is 0 Å². The maximum Gasteiger partial charge on any atom is 0.184 e. The van der Waals surface area contributed by atoms with Gasteiger partial charge in [0.1, 0.15) is 17.8 Å². The zero-order valence-electron chi connectivity index (χ0n) is 16.5. The first-order valence-electron chi connectivity index (χ1n) is 9.38. The molecule has 0 saturated heterocycles. The summed E-state index contributed by atoms with van der Waals surface area (Å²) in [6.07, 6.45) is 5.35. The van der Waals surface area contributed by atoms with Crippen LogP contribution in [0.2, 0.25) is 0 Å². The van der Waals surface area contributed by atoms with Gasteiger partial charge in [-0.25, -0.2) is 15.0 Å². The number of rotatable bonds is 6. The molecule has 0 saturated carbocycles. The SMILES string of the molecule is Cc1ncc(-c2ccc(C(=O)Cc3cccc(-c4nncn4C(C)C)n3)[nH]2)cn1. The summed E-state index contributed by atoms with van der Waals surface area (Å²) in [6, 6.07) is 9.45. The summed E-state index contributed by atoms with van der Waals surface area (Å²) in [5.41, 5.74) is 3.55. The van der Waals surface area contributed by atoms with Gasteiger partial charge < -0.3 is 9.55 Å². The molecule has 0 spiro atoms. The van der Waals surface area contributed by atoms with Crippen molar-refractivity contribution in [2.45, 2.75) is 33.2 Å². The molecule has 29 heavy (non-hydrogen) atoms. The predicted octanol–water partition coefficient (Wildman–Crippen LogP) is 3.44. The van der Waals surface area contributed by atoms with E-state index in [9.17, 15) is 4.79 Å².